The van der Waals surface area contributed by atoms with E-state index < -0.39 is 0 Å². The zero-order valence-electron chi connectivity index (χ0n) is 11.9. The van der Waals surface area contributed by atoms with Crippen LogP contribution in [-0.2, 0) is 6.54 Å². The van der Waals surface area contributed by atoms with Crippen molar-refractivity contribution in [1.29, 1.82) is 0 Å². The number of aromatic nitrogens is 2. The van der Waals surface area contributed by atoms with Crippen molar-refractivity contribution in [1.82, 2.24) is 9.97 Å². The van der Waals surface area contributed by atoms with Gasteiger partial charge in [0.05, 0.1) is 0 Å². The fourth-order valence-corrected chi connectivity index (χ4v) is 2.82. The molecule has 0 bridgehead atoms. The molecule has 0 radical (unpaired) electrons. The van der Waals surface area contributed by atoms with Crippen molar-refractivity contribution in [3.05, 3.63) is 33.8 Å². The summed E-state index contributed by atoms with van der Waals surface area (Å²) in [5, 5.41) is 11.1. The van der Waals surface area contributed by atoms with Crippen molar-refractivity contribution in [2.24, 2.45) is 0 Å². The lowest BCUT2D eigenvalue weighted by Crippen LogP contribution is -2.10. The number of hydrogen-bond donors (Lipinski definition) is 2. The summed E-state index contributed by atoms with van der Waals surface area (Å²) in [6.45, 7) is 5.87. The van der Waals surface area contributed by atoms with E-state index in [1.165, 1.54) is 18.4 Å². The highest BCUT2D eigenvalue weighted by Crippen LogP contribution is 2.39. The molecule has 3 rings (SSSR count). The number of hydrogen-bond acceptors (Lipinski definition) is 5. The maximum atomic E-state index is 4.72. The smallest absolute Gasteiger partial charge is 0.136 e. The van der Waals surface area contributed by atoms with Gasteiger partial charge in [-0.25, -0.2) is 9.97 Å². The topological polar surface area (TPSA) is 49.8 Å². The first-order valence-corrected chi connectivity index (χ1v) is 8.09. The third-order valence-corrected chi connectivity index (χ3v) is 4.22. The van der Waals surface area contributed by atoms with Crippen molar-refractivity contribution < 1.29 is 0 Å². The Morgan fingerprint density at radius 3 is 2.60 bits per heavy atom. The van der Waals surface area contributed by atoms with Gasteiger partial charge in [0.2, 0.25) is 0 Å². The number of rotatable bonds is 6. The molecule has 0 aliphatic heterocycles. The van der Waals surface area contributed by atoms with E-state index in [4.69, 9.17) is 4.98 Å². The Morgan fingerprint density at radius 2 is 2.00 bits per heavy atom. The molecule has 1 aliphatic rings. The fraction of sp³-hybridized carbons (Fsp3) is 0.467. The van der Waals surface area contributed by atoms with Gasteiger partial charge in [0.15, 0.2) is 0 Å². The largest absolute Gasteiger partial charge is 0.370 e. The number of anilines is 2. The SMILES string of the molecule is CCNc1nc(C2CC2)nc(NCc2ccsc2)c1C. The standard InChI is InChI=1S/C15H20N4S/c1-3-16-13-10(2)14(17-8-11-6-7-20-9-11)19-15(18-13)12-4-5-12/h6-7,9,12H,3-5,8H2,1-2H3,(H2,16,17,18,19). The monoisotopic (exact) mass is 288 g/mol. The number of nitrogens with one attached hydrogen (secondary N) is 2. The average Bonchev–Trinajstić information content (AvgIpc) is 3.17. The van der Waals surface area contributed by atoms with Crippen LogP contribution >= 0.6 is 11.3 Å². The van der Waals surface area contributed by atoms with E-state index >= 15 is 0 Å². The van der Waals surface area contributed by atoms with Crippen molar-refractivity contribution >= 4 is 23.0 Å². The first-order valence-electron chi connectivity index (χ1n) is 7.15. The summed E-state index contributed by atoms with van der Waals surface area (Å²) >= 11 is 1.72. The lowest BCUT2D eigenvalue weighted by Gasteiger charge is -2.14. The van der Waals surface area contributed by atoms with E-state index in [1.54, 1.807) is 11.3 Å². The molecule has 0 saturated heterocycles. The molecule has 0 amide bonds. The zero-order chi connectivity index (χ0) is 13.9. The van der Waals surface area contributed by atoms with Crippen LogP contribution in [-0.4, -0.2) is 16.5 Å². The molecular weight excluding hydrogens is 268 g/mol. The average molecular weight is 288 g/mol. The fourth-order valence-electron chi connectivity index (χ4n) is 2.15. The molecular formula is C15H20N4S. The summed E-state index contributed by atoms with van der Waals surface area (Å²) in [4.78, 5) is 9.39. The molecule has 0 aromatic carbocycles. The van der Waals surface area contributed by atoms with Gasteiger partial charge >= 0.3 is 0 Å². The van der Waals surface area contributed by atoms with Gasteiger partial charge in [-0.3, -0.25) is 0 Å². The van der Waals surface area contributed by atoms with E-state index in [-0.39, 0.29) is 0 Å². The third kappa shape index (κ3) is 2.93. The van der Waals surface area contributed by atoms with Gasteiger partial charge < -0.3 is 10.6 Å². The van der Waals surface area contributed by atoms with E-state index in [0.717, 1.165) is 36.1 Å². The van der Waals surface area contributed by atoms with E-state index in [0.29, 0.717) is 5.92 Å². The molecule has 1 aliphatic carbocycles. The molecule has 4 nitrogen and oxygen atoms in total. The highest BCUT2D eigenvalue weighted by Gasteiger charge is 2.28. The van der Waals surface area contributed by atoms with E-state index in [2.05, 4.69) is 46.3 Å². The van der Waals surface area contributed by atoms with Crippen LogP contribution < -0.4 is 10.6 Å². The third-order valence-electron chi connectivity index (χ3n) is 3.49. The molecule has 1 saturated carbocycles. The van der Waals surface area contributed by atoms with Gasteiger partial charge in [-0.2, -0.15) is 11.3 Å². The minimum absolute atomic E-state index is 0.565. The van der Waals surface area contributed by atoms with Gasteiger partial charge in [0.1, 0.15) is 17.5 Å². The molecule has 2 heterocycles. The molecule has 1 fully saturated rings. The second-order valence-corrected chi connectivity index (χ2v) is 5.97. The first kappa shape index (κ1) is 13.4. The molecule has 0 atom stereocenters. The second kappa shape index (κ2) is 5.79. The molecule has 106 valence electrons. The van der Waals surface area contributed by atoms with Crippen LogP contribution in [0.4, 0.5) is 11.6 Å². The molecule has 0 spiro atoms. The Kier molecular flexibility index (Phi) is 3.87. The second-order valence-electron chi connectivity index (χ2n) is 5.19. The van der Waals surface area contributed by atoms with Crippen molar-refractivity contribution in [3.8, 4) is 0 Å². The predicted molar refractivity (Wildman–Crippen MR) is 84.6 cm³/mol. The van der Waals surface area contributed by atoms with Crippen LogP contribution in [0.25, 0.3) is 0 Å². The number of nitrogens with zero attached hydrogens (tertiary/aromatic N) is 2. The van der Waals surface area contributed by atoms with Crippen LogP contribution in [0.3, 0.4) is 0 Å². The molecule has 2 N–H and O–H groups in total. The minimum Gasteiger partial charge on any atom is -0.370 e. The van der Waals surface area contributed by atoms with Gasteiger partial charge in [-0.15, -0.1) is 0 Å². The summed E-state index contributed by atoms with van der Waals surface area (Å²) in [5.74, 6) is 3.48. The van der Waals surface area contributed by atoms with Gasteiger partial charge in [-0.1, -0.05) is 0 Å². The van der Waals surface area contributed by atoms with Gasteiger partial charge in [-0.05, 0) is 49.1 Å². The highest BCUT2D eigenvalue weighted by atomic mass is 32.1. The zero-order valence-corrected chi connectivity index (χ0v) is 12.8. The summed E-state index contributed by atoms with van der Waals surface area (Å²) in [6, 6.07) is 2.14. The lowest BCUT2D eigenvalue weighted by atomic mass is 10.2. The van der Waals surface area contributed by atoms with Crippen molar-refractivity contribution in [2.45, 2.75) is 39.2 Å². The van der Waals surface area contributed by atoms with Crippen molar-refractivity contribution in [3.63, 3.8) is 0 Å². The van der Waals surface area contributed by atoms with Gasteiger partial charge in [0.25, 0.3) is 0 Å². The van der Waals surface area contributed by atoms with E-state index in [1.807, 2.05) is 0 Å². The Morgan fingerprint density at radius 1 is 1.25 bits per heavy atom. The molecule has 0 unspecified atom stereocenters. The van der Waals surface area contributed by atoms with Crippen LogP contribution in [0.5, 0.6) is 0 Å². The quantitative estimate of drug-likeness (QED) is 0.849. The Labute approximate surface area is 123 Å². The summed E-state index contributed by atoms with van der Waals surface area (Å²) in [6.07, 6.45) is 2.44. The lowest BCUT2D eigenvalue weighted by molar-refractivity contribution is 0.909. The number of thiophene rings is 1. The first-order chi connectivity index (χ1) is 9.78. The van der Waals surface area contributed by atoms with Crippen LogP contribution in [0.1, 0.15) is 42.6 Å². The normalized spacial score (nSPS) is 14.3. The molecule has 20 heavy (non-hydrogen) atoms. The highest BCUT2D eigenvalue weighted by molar-refractivity contribution is 7.07. The maximum Gasteiger partial charge on any atom is 0.136 e. The maximum absolute atomic E-state index is 4.72. The molecule has 2 aromatic heterocycles. The van der Waals surface area contributed by atoms with E-state index in [9.17, 15) is 0 Å². The Balaban J connectivity index is 1.83. The van der Waals surface area contributed by atoms with Crippen LogP contribution in [0, 0.1) is 6.92 Å². The predicted octanol–water partition coefficient (Wildman–Crippen LogP) is 3.77. The van der Waals surface area contributed by atoms with Gasteiger partial charge in [0, 0.05) is 24.6 Å². The summed E-state index contributed by atoms with van der Waals surface area (Å²) < 4.78 is 0. The van der Waals surface area contributed by atoms with Crippen LogP contribution in [0.15, 0.2) is 16.8 Å². The minimum atomic E-state index is 0.565. The molecule has 5 heteroatoms. The Hall–Kier alpha value is -1.62. The summed E-state index contributed by atoms with van der Waals surface area (Å²) in [5.41, 5.74) is 2.40. The summed E-state index contributed by atoms with van der Waals surface area (Å²) in [7, 11) is 0. The van der Waals surface area contributed by atoms with Crippen molar-refractivity contribution in [2.75, 3.05) is 17.2 Å². The molecule has 2 aromatic rings. The van der Waals surface area contributed by atoms with Crippen LogP contribution in [0.2, 0.25) is 0 Å². The Bertz CT molecular complexity index is 576.